The predicted octanol–water partition coefficient (Wildman–Crippen LogP) is 3.87. The second kappa shape index (κ2) is 6.15. The highest BCUT2D eigenvalue weighted by Gasteiger charge is 2.28. The van der Waals surface area contributed by atoms with Crippen molar-refractivity contribution in [3.63, 3.8) is 0 Å². The van der Waals surface area contributed by atoms with E-state index in [9.17, 15) is 9.59 Å². The summed E-state index contributed by atoms with van der Waals surface area (Å²) in [6.45, 7) is 13.8. The standard InChI is InChI=1S/C15H25NO3Si2/c1-12(17)16(20(2,3)4)14-10-8-9-13(11-14)15(18)19-21(5,6)7/h8-11H,1-7H3. The molecular formula is C15H25NO3Si2. The number of hydrogen-bond donors (Lipinski definition) is 0. The van der Waals surface area contributed by atoms with Crippen LogP contribution in [0.4, 0.5) is 5.69 Å². The maximum atomic E-state index is 12.2. The van der Waals surface area contributed by atoms with Gasteiger partial charge in [0.25, 0.3) is 0 Å². The summed E-state index contributed by atoms with van der Waals surface area (Å²) in [7, 11) is -3.78. The lowest BCUT2D eigenvalue weighted by Gasteiger charge is -2.33. The summed E-state index contributed by atoms with van der Waals surface area (Å²) in [5.74, 6) is -0.306. The van der Waals surface area contributed by atoms with E-state index in [2.05, 4.69) is 19.6 Å². The van der Waals surface area contributed by atoms with Crippen LogP contribution in [0.15, 0.2) is 24.3 Å². The van der Waals surface area contributed by atoms with Crippen LogP contribution in [-0.2, 0) is 9.22 Å². The van der Waals surface area contributed by atoms with Crippen molar-refractivity contribution < 1.29 is 14.0 Å². The minimum Gasteiger partial charge on any atom is -0.516 e. The van der Waals surface area contributed by atoms with E-state index < -0.39 is 16.6 Å². The smallest absolute Gasteiger partial charge is 0.324 e. The van der Waals surface area contributed by atoms with Gasteiger partial charge in [0.1, 0.15) is 0 Å². The van der Waals surface area contributed by atoms with Gasteiger partial charge in [-0.05, 0) is 37.8 Å². The molecule has 0 unspecified atom stereocenters. The van der Waals surface area contributed by atoms with Crippen LogP contribution in [0.3, 0.4) is 0 Å². The molecule has 0 heterocycles. The molecule has 0 aromatic heterocycles. The van der Waals surface area contributed by atoms with Gasteiger partial charge in [-0.15, -0.1) is 0 Å². The Morgan fingerprint density at radius 3 is 2.05 bits per heavy atom. The highest BCUT2D eigenvalue weighted by molar-refractivity contribution is 6.83. The number of benzene rings is 1. The first-order chi connectivity index (χ1) is 9.42. The van der Waals surface area contributed by atoms with Crippen molar-refractivity contribution in [1.82, 2.24) is 0 Å². The highest BCUT2D eigenvalue weighted by atomic mass is 28.4. The Kier molecular flexibility index (Phi) is 5.17. The third kappa shape index (κ3) is 5.13. The third-order valence-corrected chi connectivity index (χ3v) is 5.44. The van der Waals surface area contributed by atoms with Gasteiger partial charge >= 0.3 is 5.97 Å². The third-order valence-electron chi connectivity index (χ3n) is 2.72. The van der Waals surface area contributed by atoms with Gasteiger partial charge in [-0.2, -0.15) is 0 Å². The Hall–Kier alpha value is -1.41. The number of hydrogen-bond acceptors (Lipinski definition) is 3. The van der Waals surface area contributed by atoms with Crippen molar-refractivity contribution in [3.8, 4) is 0 Å². The van der Waals surface area contributed by atoms with Crippen LogP contribution in [0.25, 0.3) is 0 Å². The summed E-state index contributed by atoms with van der Waals surface area (Å²) >= 11 is 0. The molecule has 1 rings (SSSR count). The summed E-state index contributed by atoms with van der Waals surface area (Å²) in [5.41, 5.74) is 1.27. The Morgan fingerprint density at radius 1 is 1.05 bits per heavy atom. The van der Waals surface area contributed by atoms with Crippen LogP contribution in [-0.4, -0.2) is 28.4 Å². The zero-order valence-corrected chi connectivity index (χ0v) is 16.0. The molecule has 0 saturated heterocycles. The fourth-order valence-electron chi connectivity index (χ4n) is 2.15. The molecule has 0 bridgehead atoms. The molecular weight excluding hydrogens is 298 g/mol. The average molecular weight is 324 g/mol. The number of amides is 1. The molecule has 6 heteroatoms. The van der Waals surface area contributed by atoms with Gasteiger partial charge < -0.3 is 8.99 Å². The lowest BCUT2D eigenvalue weighted by molar-refractivity contribution is -0.115. The van der Waals surface area contributed by atoms with Crippen molar-refractivity contribution >= 4 is 34.1 Å². The predicted molar refractivity (Wildman–Crippen MR) is 91.7 cm³/mol. The van der Waals surface area contributed by atoms with Crippen molar-refractivity contribution in [1.29, 1.82) is 0 Å². The summed E-state index contributed by atoms with van der Waals surface area (Å²) < 4.78 is 7.33. The van der Waals surface area contributed by atoms with E-state index in [0.717, 1.165) is 5.69 Å². The molecule has 1 aromatic carbocycles. The normalized spacial score (nSPS) is 12.0. The SMILES string of the molecule is CC(=O)N(c1cccc(C(=O)O[Si](C)(C)C)c1)[Si](C)(C)C. The van der Waals surface area contributed by atoms with Crippen LogP contribution in [0, 0.1) is 0 Å². The monoisotopic (exact) mass is 323 g/mol. The number of carbonyl (C=O) groups excluding carboxylic acids is 2. The van der Waals surface area contributed by atoms with E-state index in [0.29, 0.717) is 5.56 Å². The molecule has 0 radical (unpaired) electrons. The minimum absolute atomic E-state index is 0.00452. The first-order valence-electron chi connectivity index (χ1n) is 7.06. The van der Waals surface area contributed by atoms with Crippen LogP contribution in [0.2, 0.25) is 39.3 Å². The van der Waals surface area contributed by atoms with Gasteiger partial charge in [-0.25, -0.2) is 4.79 Å². The molecule has 21 heavy (non-hydrogen) atoms. The molecule has 0 fully saturated rings. The second-order valence-corrected chi connectivity index (χ2v) is 16.3. The first-order valence-corrected chi connectivity index (χ1v) is 13.9. The van der Waals surface area contributed by atoms with E-state index in [4.69, 9.17) is 4.43 Å². The minimum atomic E-state index is -1.93. The Labute approximate surface area is 129 Å². The number of nitrogens with zero attached hydrogens (tertiary/aromatic N) is 1. The number of rotatable bonds is 4. The van der Waals surface area contributed by atoms with Crippen LogP contribution in [0.5, 0.6) is 0 Å². The van der Waals surface area contributed by atoms with Crippen molar-refractivity contribution in [2.45, 2.75) is 46.2 Å². The van der Waals surface area contributed by atoms with Gasteiger partial charge in [-0.3, -0.25) is 4.79 Å². The quantitative estimate of drug-likeness (QED) is 0.790. The summed E-state index contributed by atoms with van der Waals surface area (Å²) in [5, 5.41) is 0. The van der Waals surface area contributed by atoms with E-state index in [-0.39, 0.29) is 11.9 Å². The molecule has 0 atom stereocenters. The summed E-state index contributed by atoms with van der Waals surface area (Å²) in [4.78, 5) is 24.1. The van der Waals surface area contributed by atoms with Gasteiger partial charge in [0, 0.05) is 12.6 Å². The van der Waals surface area contributed by atoms with Crippen molar-refractivity contribution in [3.05, 3.63) is 29.8 Å². The highest BCUT2D eigenvalue weighted by Crippen LogP contribution is 2.23. The van der Waals surface area contributed by atoms with Gasteiger partial charge in [0.05, 0.1) is 5.56 Å². The molecule has 0 saturated carbocycles. The summed E-state index contributed by atoms with van der Waals surface area (Å²) in [6.07, 6.45) is 0. The zero-order chi connectivity index (χ0) is 16.4. The fourth-order valence-corrected chi connectivity index (χ4v) is 4.68. The van der Waals surface area contributed by atoms with Crippen LogP contribution >= 0.6 is 0 Å². The Bertz CT molecular complexity index is 545. The summed E-state index contributed by atoms with van der Waals surface area (Å²) in [6, 6.07) is 7.15. The number of carbonyl (C=O) groups is 2. The Morgan fingerprint density at radius 2 is 1.62 bits per heavy atom. The van der Waals surface area contributed by atoms with Crippen LogP contribution in [0.1, 0.15) is 17.3 Å². The van der Waals surface area contributed by atoms with Crippen molar-refractivity contribution in [2.24, 2.45) is 0 Å². The van der Waals surface area contributed by atoms with Crippen LogP contribution < -0.4 is 4.57 Å². The van der Waals surface area contributed by atoms with Gasteiger partial charge in [0.15, 0.2) is 8.24 Å². The molecule has 0 aliphatic rings. The maximum absolute atomic E-state index is 12.2. The molecule has 1 amide bonds. The van der Waals surface area contributed by atoms with E-state index >= 15 is 0 Å². The molecule has 0 aliphatic heterocycles. The molecule has 0 spiro atoms. The lowest BCUT2D eigenvalue weighted by Crippen LogP contribution is -2.49. The Balaban J connectivity index is 3.16. The largest absolute Gasteiger partial charge is 0.516 e. The molecule has 1 aromatic rings. The van der Waals surface area contributed by atoms with Gasteiger partial charge in [0.2, 0.25) is 14.2 Å². The van der Waals surface area contributed by atoms with E-state index in [1.165, 1.54) is 0 Å². The molecule has 4 nitrogen and oxygen atoms in total. The second-order valence-electron chi connectivity index (χ2n) is 7.08. The lowest BCUT2D eigenvalue weighted by atomic mass is 10.2. The van der Waals surface area contributed by atoms with Gasteiger partial charge in [-0.1, -0.05) is 25.7 Å². The van der Waals surface area contributed by atoms with Crippen molar-refractivity contribution in [2.75, 3.05) is 4.57 Å². The molecule has 0 aliphatic carbocycles. The van der Waals surface area contributed by atoms with E-state index in [1.807, 2.05) is 30.3 Å². The molecule has 116 valence electrons. The maximum Gasteiger partial charge on any atom is 0.324 e. The van der Waals surface area contributed by atoms with E-state index in [1.54, 1.807) is 25.1 Å². The molecule has 0 N–H and O–H groups in total. The topological polar surface area (TPSA) is 46.6 Å². The number of anilines is 1. The first kappa shape index (κ1) is 17.6. The fraction of sp³-hybridized carbons (Fsp3) is 0.467. The zero-order valence-electron chi connectivity index (χ0n) is 14.0. The average Bonchev–Trinajstić information content (AvgIpc) is 2.24.